The van der Waals surface area contributed by atoms with Gasteiger partial charge in [-0.05, 0) is 19.4 Å². The van der Waals surface area contributed by atoms with Crippen LogP contribution >= 0.6 is 15.9 Å². The molecule has 3 heteroatoms. The first-order chi connectivity index (χ1) is 4.83. The van der Waals surface area contributed by atoms with E-state index in [0.717, 1.165) is 19.6 Å². The van der Waals surface area contributed by atoms with Crippen molar-refractivity contribution in [2.45, 2.75) is 17.7 Å². The van der Waals surface area contributed by atoms with Crippen molar-refractivity contribution in [3.63, 3.8) is 0 Å². The molecule has 60 valence electrons. The van der Waals surface area contributed by atoms with Crippen LogP contribution in [-0.2, 0) is 0 Å². The SMILES string of the molecule is FCCCN1CCC(Br)C1. The van der Waals surface area contributed by atoms with Crippen LogP contribution in [0.2, 0.25) is 0 Å². The molecule has 0 spiro atoms. The minimum Gasteiger partial charge on any atom is -0.302 e. The standard InChI is InChI=1S/C7H13BrFN/c8-7-2-5-10(6-7)4-1-3-9/h7H,1-6H2. The maximum Gasteiger partial charge on any atom is 0.0906 e. The normalized spacial score (nSPS) is 27.6. The lowest BCUT2D eigenvalue weighted by Crippen LogP contribution is -2.22. The van der Waals surface area contributed by atoms with Crippen molar-refractivity contribution < 1.29 is 4.39 Å². The highest BCUT2D eigenvalue weighted by atomic mass is 79.9. The van der Waals surface area contributed by atoms with Crippen LogP contribution in [0.15, 0.2) is 0 Å². The van der Waals surface area contributed by atoms with Crippen molar-refractivity contribution in [2.24, 2.45) is 0 Å². The number of hydrogen-bond donors (Lipinski definition) is 0. The number of rotatable bonds is 3. The van der Waals surface area contributed by atoms with Gasteiger partial charge in [0, 0.05) is 17.9 Å². The highest BCUT2D eigenvalue weighted by Gasteiger charge is 2.18. The molecule has 1 saturated heterocycles. The third-order valence-corrected chi connectivity index (χ3v) is 2.57. The molecule has 0 aromatic carbocycles. The van der Waals surface area contributed by atoms with Gasteiger partial charge in [-0.1, -0.05) is 15.9 Å². The summed E-state index contributed by atoms with van der Waals surface area (Å²) in [5.41, 5.74) is 0. The van der Waals surface area contributed by atoms with Crippen molar-refractivity contribution >= 4 is 15.9 Å². The largest absolute Gasteiger partial charge is 0.302 e. The Morgan fingerprint density at radius 2 is 2.40 bits per heavy atom. The third-order valence-electron chi connectivity index (χ3n) is 1.82. The molecule has 0 aromatic rings. The van der Waals surface area contributed by atoms with E-state index in [1.807, 2.05) is 0 Å². The van der Waals surface area contributed by atoms with E-state index in [-0.39, 0.29) is 6.67 Å². The summed E-state index contributed by atoms with van der Waals surface area (Å²) < 4.78 is 11.7. The summed E-state index contributed by atoms with van der Waals surface area (Å²) in [5, 5.41) is 0. The monoisotopic (exact) mass is 209 g/mol. The van der Waals surface area contributed by atoms with Gasteiger partial charge in [0.15, 0.2) is 0 Å². The summed E-state index contributed by atoms with van der Waals surface area (Å²) in [5.74, 6) is 0. The van der Waals surface area contributed by atoms with Crippen molar-refractivity contribution in [1.82, 2.24) is 4.90 Å². The quantitative estimate of drug-likeness (QED) is 0.642. The molecule has 1 fully saturated rings. The van der Waals surface area contributed by atoms with E-state index in [4.69, 9.17) is 0 Å². The summed E-state index contributed by atoms with van der Waals surface area (Å²) in [7, 11) is 0. The van der Waals surface area contributed by atoms with Crippen molar-refractivity contribution in [1.29, 1.82) is 0 Å². The molecule has 0 aromatic heterocycles. The van der Waals surface area contributed by atoms with Crippen LogP contribution in [0.25, 0.3) is 0 Å². The molecule has 10 heavy (non-hydrogen) atoms. The molecule has 1 heterocycles. The van der Waals surface area contributed by atoms with Gasteiger partial charge in [0.2, 0.25) is 0 Å². The Morgan fingerprint density at radius 1 is 1.60 bits per heavy atom. The molecule has 0 N–H and O–H groups in total. The minimum atomic E-state index is -0.177. The van der Waals surface area contributed by atoms with Crippen molar-refractivity contribution in [2.75, 3.05) is 26.3 Å². The second kappa shape index (κ2) is 4.29. The Hall–Kier alpha value is 0.370. The minimum absolute atomic E-state index is 0.177. The van der Waals surface area contributed by atoms with Crippen LogP contribution in [0.4, 0.5) is 4.39 Å². The van der Waals surface area contributed by atoms with Crippen molar-refractivity contribution in [3.8, 4) is 0 Å². The average Bonchev–Trinajstić information content (AvgIpc) is 2.31. The lowest BCUT2D eigenvalue weighted by Gasteiger charge is -2.12. The lowest BCUT2D eigenvalue weighted by atomic mass is 10.4. The van der Waals surface area contributed by atoms with Crippen LogP contribution in [0.3, 0.4) is 0 Å². The topological polar surface area (TPSA) is 3.24 Å². The van der Waals surface area contributed by atoms with Crippen molar-refractivity contribution in [3.05, 3.63) is 0 Å². The van der Waals surface area contributed by atoms with E-state index in [0.29, 0.717) is 11.2 Å². The Bertz CT molecular complexity index is 99.6. The summed E-state index contributed by atoms with van der Waals surface area (Å²) >= 11 is 3.54. The molecule has 1 unspecified atom stereocenters. The number of likely N-dealkylation sites (tertiary alicyclic amines) is 1. The molecular weight excluding hydrogens is 197 g/mol. The smallest absolute Gasteiger partial charge is 0.0906 e. The van der Waals surface area contributed by atoms with Gasteiger partial charge < -0.3 is 4.90 Å². The molecule has 0 bridgehead atoms. The van der Waals surface area contributed by atoms with Crippen LogP contribution in [-0.4, -0.2) is 36.0 Å². The van der Waals surface area contributed by atoms with Gasteiger partial charge in [0.25, 0.3) is 0 Å². The predicted molar refractivity (Wildman–Crippen MR) is 44.4 cm³/mol. The van der Waals surface area contributed by atoms with E-state index in [1.165, 1.54) is 6.42 Å². The molecule has 0 radical (unpaired) electrons. The predicted octanol–water partition coefficient (Wildman–Crippen LogP) is 1.82. The Labute approximate surface area is 69.7 Å². The number of hydrogen-bond acceptors (Lipinski definition) is 1. The fourth-order valence-electron chi connectivity index (χ4n) is 1.27. The number of halogens is 2. The van der Waals surface area contributed by atoms with E-state index < -0.39 is 0 Å². The van der Waals surface area contributed by atoms with E-state index in [9.17, 15) is 4.39 Å². The van der Waals surface area contributed by atoms with Crippen LogP contribution in [0.5, 0.6) is 0 Å². The second-order valence-corrected chi connectivity index (χ2v) is 4.02. The molecule has 1 atom stereocenters. The first-order valence-electron chi connectivity index (χ1n) is 3.75. The fourth-order valence-corrected chi connectivity index (χ4v) is 1.89. The highest BCUT2D eigenvalue weighted by molar-refractivity contribution is 9.09. The molecule has 1 aliphatic rings. The van der Waals surface area contributed by atoms with Gasteiger partial charge in [0.1, 0.15) is 0 Å². The number of nitrogens with zero attached hydrogens (tertiary/aromatic N) is 1. The zero-order valence-electron chi connectivity index (χ0n) is 6.02. The Kier molecular flexibility index (Phi) is 3.63. The summed E-state index contributed by atoms with van der Waals surface area (Å²) in [6.07, 6.45) is 1.91. The Morgan fingerprint density at radius 3 is 2.90 bits per heavy atom. The van der Waals surface area contributed by atoms with Crippen LogP contribution in [0, 0.1) is 0 Å². The highest BCUT2D eigenvalue weighted by Crippen LogP contribution is 2.16. The van der Waals surface area contributed by atoms with E-state index in [2.05, 4.69) is 20.8 Å². The maximum atomic E-state index is 11.7. The van der Waals surface area contributed by atoms with Crippen LogP contribution in [0.1, 0.15) is 12.8 Å². The Balaban J connectivity index is 2.06. The van der Waals surface area contributed by atoms with Gasteiger partial charge in [-0.2, -0.15) is 0 Å². The summed E-state index contributed by atoms with van der Waals surface area (Å²) in [6, 6.07) is 0. The second-order valence-electron chi connectivity index (χ2n) is 2.73. The molecule has 0 aliphatic carbocycles. The first-order valence-corrected chi connectivity index (χ1v) is 4.67. The molecular formula is C7H13BrFN. The maximum absolute atomic E-state index is 11.7. The molecule has 0 saturated carbocycles. The van der Waals surface area contributed by atoms with Crippen LogP contribution < -0.4 is 0 Å². The van der Waals surface area contributed by atoms with Gasteiger partial charge in [0.05, 0.1) is 6.67 Å². The molecule has 1 nitrogen and oxygen atoms in total. The summed E-state index contributed by atoms with van der Waals surface area (Å²) in [4.78, 5) is 2.95. The van der Waals surface area contributed by atoms with E-state index in [1.54, 1.807) is 0 Å². The summed E-state index contributed by atoms with van der Waals surface area (Å²) in [6.45, 7) is 2.98. The zero-order valence-corrected chi connectivity index (χ0v) is 7.61. The number of alkyl halides is 2. The third kappa shape index (κ3) is 2.54. The van der Waals surface area contributed by atoms with Gasteiger partial charge >= 0.3 is 0 Å². The van der Waals surface area contributed by atoms with Gasteiger partial charge in [-0.25, -0.2) is 0 Å². The zero-order chi connectivity index (χ0) is 7.40. The lowest BCUT2D eigenvalue weighted by molar-refractivity contribution is 0.313. The average molecular weight is 210 g/mol. The van der Waals surface area contributed by atoms with E-state index >= 15 is 0 Å². The molecule has 1 aliphatic heterocycles. The fraction of sp³-hybridized carbons (Fsp3) is 1.00. The van der Waals surface area contributed by atoms with Gasteiger partial charge in [-0.3, -0.25) is 4.39 Å². The molecule has 1 rings (SSSR count). The van der Waals surface area contributed by atoms with Gasteiger partial charge in [-0.15, -0.1) is 0 Å². The molecule has 0 amide bonds. The first kappa shape index (κ1) is 8.47.